The molecule has 0 aliphatic carbocycles. The van der Waals surface area contributed by atoms with Gasteiger partial charge in [0.25, 0.3) is 5.91 Å². The Balaban J connectivity index is 1.88. The molecule has 21 heavy (non-hydrogen) atoms. The monoisotopic (exact) mass is 286 g/mol. The summed E-state index contributed by atoms with van der Waals surface area (Å²) in [6.45, 7) is 3.96. The maximum atomic E-state index is 11.8. The summed E-state index contributed by atoms with van der Waals surface area (Å²) in [5.74, 6) is 0.562. The molecular formula is C15H18N4O2. The smallest absolute Gasteiger partial charge is 0.261 e. The molecule has 0 aliphatic heterocycles. The molecule has 0 bridgehead atoms. The fraction of sp³-hybridized carbons (Fsp3) is 0.267. The molecule has 1 heterocycles. The molecule has 6 nitrogen and oxygen atoms in total. The number of nitrogens with zero attached hydrogens (tertiary/aromatic N) is 3. The largest absolute Gasteiger partial charge is 0.497 e. The van der Waals surface area contributed by atoms with Crippen molar-refractivity contribution >= 4 is 12.1 Å². The highest BCUT2D eigenvalue weighted by molar-refractivity contribution is 5.82. The van der Waals surface area contributed by atoms with E-state index < -0.39 is 0 Å². The zero-order chi connectivity index (χ0) is 15.2. The number of carbonyl (C=O) groups excluding carboxylic acids is 1. The van der Waals surface area contributed by atoms with Gasteiger partial charge in [0.1, 0.15) is 12.3 Å². The third-order valence-corrected chi connectivity index (χ3v) is 2.92. The minimum atomic E-state index is -0.217. The SMILES string of the molecule is COc1ccc(/C=N\NC(=O)Cn2nc(C)cc2C)cc1. The Morgan fingerprint density at radius 2 is 2.10 bits per heavy atom. The van der Waals surface area contributed by atoms with E-state index in [1.807, 2.05) is 44.2 Å². The van der Waals surface area contributed by atoms with Gasteiger partial charge >= 0.3 is 0 Å². The quantitative estimate of drug-likeness (QED) is 0.671. The number of benzene rings is 1. The van der Waals surface area contributed by atoms with Crippen LogP contribution in [-0.4, -0.2) is 29.0 Å². The summed E-state index contributed by atoms with van der Waals surface area (Å²) in [6.07, 6.45) is 1.58. The Labute approximate surface area is 123 Å². The van der Waals surface area contributed by atoms with Gasteiger partial charge in [0, 0.05) is 5.69 Å². The molecule has 1 aromatic carbocycles. The summed E-state index contributed by atoms with van der Waals surface area (Å²) in [5, 5.41) is 8.15. The number of aromatic nitrogens is 2. The van der Waals surface area contributed by atoms with Crippen LogP contribution in [0.5, 0.6) is 5.75 Å². The first-order chi connectivity index (χ1) is 10.1. The van der Waals surface area contributed by atoms with Crippen molar-refractivity contribution < 1.29 is 9.53 Å². The number of hydrogen-bond acceptors (Lipinski definition) is 4. The van der Waals surface area contributed by atoms with Crippen molar-refractivity contribution in [2.45, 2.75) is 20.4 Å². The molecule has 1 amide bonds. The van der Waals surface area contributed by atoms with Crippen LogP contribution in [0.3, 0.4) is 0 Å². The fourth-order valence-electron chi connectivity index (χ4n) is 1.88. The number of methoxy groups -OCH3 is 1. The van der Waals surface area contributed by atoms with Crippen molar-refractivity contribution in [3.8, 4) is 5.75 Å². The molecule has 0 fully saturated rings. The van der Waals surface area contributed by atoms with E-state index in [4.69, 9.17) is 4.74 Å². The van der Waals surface area contributed by atoms with Crippen LogP contribution in [0.15, 0.2) is 35.4 Å². The molecule has 1 aromatic heterocycles. The summed E-state index contributed by atoms with van der Waals surface area (Å²) >= 11 is 0. The van der Waals surface area contributed by atoms with E-state index in [1.54, 1.807) is 18.0 Å². The average Bonchev–Trinajstić information content (AvgIpc) is 2.77. The van der Waals surface area contributed by atoms with Gasteiger partial charge in [0.05, 0.1) is 19.0 Å². The van der Waals surface area contributed by atoms with Crippen molar-refractivity contribution in [2.75, 3.05) is 7.11 Å². The van der Waals surface area contributed by atoms with Gasteiger partial charge in [0.2, 0.25) is 0 Å². The van der Waals surface area contributed by atoms with E-state index in [9.17, 15) is 4.79 Å². The van der Waals surface area contributed by atoms with Crippen molar-refractivity contribution in [1.29, 1.82) is 0 Å². The number of aryl methyl sites for hydroxylation is 2. The molecule has 0 aliphatic rings. The van der Waals surface area contributed by atoms with E-state index in [2.05, 4.69) is 15.6 Å². The first kappa shape index (κ1) is 14.8. The summed E-state index contributed by atoms with van der Waals surface area (Å²) < 4.78 is 6.71. The van der Waals surface area contributed by atoms with Gasteiger partial charge in [0.15, 0.2) is 0 Å². The Hall–Kier alpha value is -2.63. The van der Waals surface area contributed by atoms with Crippen molar-refractivity contribution in [2.24, 2.45) is 5.10 Å². The molecule has 0 unspecified atom stereocenters. The zero-order valence-electron chi connectivity index (χ0n) is 12.3. The standard InChI is InChI=1S/C15H18N4O2/c1-11-8-12(2)19(18-11)10-15(20)17-16-9-13-4-6-14(21-3)7-5-13/h4-9H,10H2,1-3H3,(H,17,20)/b16-9-. The average molecular weight is 286 g/mol. The fourth-order valence-corrected chi connectivity index (χ4v) is 1.88. The summed E-state index contributed by atoms with van der Waals surface area (Å²) in [7, 11) is 1.61. The van der Waals surface area contributed by atoms with E-state index in [0.717, 1.165) is 22.7 Å². The number of rotatable bonds is 5. The number of ether oxygens (including phenoxy) is 1. The number of hydrazone groups is 1. The van der Waals surface area contributed by atoms with E-state index in [1.165, 1.54) is 0 Å². The Morgan fingerprint density at radius 3 is 2.67 bits per heavy atom. The predicted octanol–water partition coefficient (Wildman–Crippen LogP) is 1.66. The second-order valence-electron chi connectivity index (χ2n) is 4.65. The van der Waals surface area contributed by atoms with Crippen LogP contribution in [0.4, 0.5) is 0 Å². The Morgan fingerprint density at radius 1 is 1.38 bits per heavy atom. The molecule has 1 N–H and O–H groups in total. The minimum absolute atomic E-state index is 0.152. The number of nitrogens with one attached hydrogen (secondary N) is 1. The topological polar surface area (TPSA) is 68.5 Å². The van der Waals surface area contributed by atoms with Gasteiger partial charge in [-0.3, -0.25) is 9.48 Å². The molecule has 0 saturated heterocycles. The molecule has 0 saturated carbocycles. The van der Waals surface area contributed by atoms with Crippen LogP contribution < -0.4 is 10.2 Å². The Bertz CT molecular complexity index is 644. The second-order valence-corrected chi connectivity index (χ2v) is 4.65. The third kappa shape index (κ3) is 4.17. The van der Waals surface area contributed by atoms with E-state index in [-0.39, 0.29) is 12.5 Å². The van der Waals surface area contributed by atoms with E-state index >= 15 is 0 Å². The van der Waals surface area contributed by atoms with Gasteiger partial charge in [-0.1, -0.05) is 0 Å². The number of carbonyl (C=O) groups is 1. The first-order valence-electron chi connectivity index (χ1n) is 6.55. The van der Waals surface area contributed by atoms with Crippen molar-refractivity contribution in [1.82, 2.24) is 15.2 Å². The Kier molecular flexibility index (Phi) is 4.71. The molecule has 0 radical (unpaired) electrons. The normalized spacial score (nSPS) is 10.8. The summed E-state index contributed by atoms with van der Waals surface area (Å²) in [5.41, 5.74) is 5.20. The summed E-state index contributed by atoms with van der Waals surface area (Å²) in [6, 6.07) is 9.30. The van der Waals surface area contributed by atoms with Crippen LogP contribution in [0, 0.1) is 13.8 Å². The van der Waals surface area contributed by atoms with Gasteiger partial charge in [-0.15, -0.1) is 0 Å². The lowest BCUT2D eigenvalue weighted by molar-refractivity contribution is -0.121. The number of amides is 1. The minimum Gasteiger partial charge on any atom is -0.497 e. The molecule has 110 valence electrons. The van der Waals surface area contributed by atoms with Gasteiger partial charge in [-0.2, -0.15) is 10.2 Å². The lowest BCUT2D eigenvalue weighted by atomic mass is 10.2. The van der Waals surface area contributed by atoms with Gasteiger partial charge < -0.3 is 4.74 Å². The van der Waals surface area contributed by atoms with Crippen molar-refractivity contribution in [3.63, 3.8) is 0 Å². The molecular weight excluding hydrogens is 268 g/mol. The highest BCUT2D eigenvalue weighted by Crippen LogP contribution is 2.09. The van der Waals surface area contributed by atoms with Crippen LogP contribution >= 0.6 is 0 Å². The van der Waals surface area contributed by atoms with Crippen LogP contribution in [-0.2, 0) is 11.3 Å². The highest BCUT2D eigenvalue weighted by atomic mass is 16.5. The second kappa shape index (κ2) is 6.69. The molecule has 6 heteroatoms. The summed E-state index contributed by atoms with van der Waals surface area (Å²) in [4.78, 5) is 11.8. The zero-order valence-corrected chi connectivity index (χ0v) is 12.3. The lowest BCUT2D eigenvalue weighted by Crippen LogP contribution is -2.24. The van der Waals surface area contributed by atoms with Crippen LogP contribution in [0.25, 0.3) is 0 Å². The molecule has 2 rings (SSSR count). The molecule has 0 spiro atoms. The van der Waals surface area contributed by atoms with Gasteiger partial charge in [-0.25, -0.2) is 5.43 Å². The van der Waals surface area contributed by atoms with Gasteiger partial charge in [-0.05, 0) is 49.7 Å². The van der Waals surface area contributed by atoms with Crippen LogP contribution in [0.1, 0.15) is 17.0 Å². The maximum absolute atomic E-state index is 11.8. The number of hydrogen-bond donors (Lipinski definition) is 1. The highest BCUT2D eigenvalue weighted by Gasteiger charge is 2.05. The predicted molar refractivity (Wildman–Crippen MR) is 80.4 cm³/mol. The molecule has 2 aromatic rings. The molecule has 0 atom stereocenters. The van der Waals surface area contributed by atoms with Crippen LogP contribution in [0.2, 0.25) is 0 Å². The lowest BCUT2D eigenvalue weighted by Gasteiger charge is -2.03. The maximum Gasteiger partial charge on any atom is 0.261 e. The van der Waals surface area contributed by atoms with E-state index in [0.29, 0.717) is 0 Å². The third-order valence-electron chi connectivity index (χ3n) is 2.92. The first-order valence-corrected chi connectivity index (χ1v) is 6.55. The van der Waals surface area contributed by atoms with Crippen molar-refractivity contribution in [3.05, 3.63) is 47.3 Å².